The summed E-state index contributed by atoms with van der Waals surface area (Å²) < 4.78 is 37.1. The SMILES string of the molecule is C=CCNS(=O)(=O)Cc1ccc(NC(=O)COc2ccc(OCCC)cc2)cc1. The molecule has 0 aromatic heterocycles. The number of carbonyl (C=O) groups excluding carboxylic acids is 1. The topological polar surface area (TPSA) is 93.7 Å². The van der Waals surface area contributed by atoms with Gasteiger partial charge in [-0.05, 0) is 48.4 Å². The zero-order valence-corrected chi connectivity index (χ0v) is 17.2. The first kappa shape index (κ1) is 22.4. The van der Waals surface area contributed by atoms with Crippen molar-refractivity contribution in [2.45, 2.75) is 19.1 Å². The zero-order chi connectivity index (χ0) is 21.1. The fourth-order valence-corrected chi connectivity index (χ4v) is 3.44. The predicted octanol–water partition coefficient (Wildman–Crippen LogP) is 3.10. The monoisotopic (exact) mass is 418 g/mol. The average molecular weight is 419 g/mol. The maximum absolute atomic E-state index is 12.0. The minimum absolute atomic E-state index is 0.142. The van der Waals surface area contributed by atoms with E-state index in [4.69, 9.17) is 9.47 Å². The summed E-state index contributed by atoms with van der Waals surface area (Å²) in [5, 5.41) is 2.71. The van der Waals surface area contributed by atoms with Crippen molar-refractivity contribution in [1.82, 2.24) is 4.72 Å². The maximum atomic E-state index is 12.0. The van der Waals surface area contributed by atoms with Crippen molar-refractivity contribution >= 4 is 21.6 Å². The highest BCUT2D eigenvalue weighted by Crippen LogP contribution is 2.18. The molecule has 156 valence electrons. The van der Waals surface area contributed by atoms with Gasteiger partial charge in [-0.25, -0.2) is 13.1 Å². The molecule has 2 aromatic rings. The number of hydrogen-bond donors (Lipinski definition) is 2. The van der Waals surface area contributed by atoms with Crippen molar-refractivity contribution in [2.75, 3.05) is 25.1 Å². The summed E-state index contributed by atoms with van der Waals surface area (Å²) in [6.45, 7) is 6.21. The van der Waals surface area contributed by atoms with Gasteiger partial charge in [0, 0.05) is 12.2 Å². The van der Waals surface area contributed by atoms with Crippen LogP contribution in [0.3, 0.4) is 0 Å². The number of nitrogens with one attached hydrogen (secondary N) is 2. The lowest BCUT2D eigenvalue weighted by Gasteiger charge is -2.10. The molecule has 0 radical (unpaired) electrons. The van der Waals surface area contributed by atoms with Gasteiger partial charge < -0.3 is 14.8 Å². The van der Waals surface area contributed by atoms with Gasteiger partial charge in [0.25, 0.3) is 5.91 Å². The van der Waals surface area contributed by atoms with E-state index in [9.17, 15) is 13.2 Å². The smallest absolute Gasteiger partial charge is 0.262 e. The van der Waals surface area contributed by atoms with E-state index in [1.807, 2.05) is 6.92 Å². The summed E-state index contributed by atoms with van der Waals surface area (Å²) in [6.07, 6.45) is 2.41. The molecule has 0 unspecified atom stereocenters. The van der Waals surface area contributed by atoms with Gasteiger partial charge in [-0.15, -0.1) is 6.58 Å². The van der Waals surface area contributed by atoms with Crippen molar-refractivity contribution < 1.29 is 22.7 Å². The Morgan fingerprint density at radius 1 is 1.03 bits per heavy atom. The molecule has 0 aliphatic heterocycles. The Hall–Kier alpha value is -2.84. The van der Waals surface area contributed by atoms with Gasteiger partial charge in [-0.1, -0.05) is 25.1 Å². The van der Waals surface area contributed by atoms with E-state index in [0.717, 1.165) is 12.2 Å². The minimum atomic E-state index is -3.42. The Bertz CT molecular complexity index is 894. The first-order chi connectivity index (χ1) is 13.9. The highest BCUT2D eigenvalue weighted by molar-refractivity contribution is 7.88. The van der Waals surface area contributed by atoms with Crippen molar-refractivity contribution in [3.63, 3.8) is 0 Å². The van der Waals surface area contributed by atoms with E-state index in [-0.39, 0.29) is 24.8 Å². The van der Waals surface area contributed by atoms with Gasteiger partial charge in [0.05, 0.1) is 12.4 Å². The van der Waals surface area contributed by atoms with Crippen LogP contribution in [-0.4, -0.2) is 34.1 Å². The minimum Gasteiger partial charge on any atom is -0.494 e. The summed E-state index contributed by atoms with van der Waals surface area (Å²) in [4.78, 5) is 12.0. The molecular weight excluding hydrogens is 392 g/mol. The van der Waals surface area contributed by atoms with E-state index < -0.39 is 10.0 Å². The summed E-state index contributed by atoms with van der Waals surface area (Å²) >= 11 is 0. The molecule has 0 bridgehead atoms. The number of benzene rings is 2. The Labute approximate surface area is 171 Å². The molecule has 0 heterocycles. The molecule has 2 aromatic carbocycles. The first-order valence-electron chi connectivity index (χ1n) is 9.24. The fraction of sp³-hybridized carbons (Fsp3) is 0.286. The summed E-state index contributed by atoms with van der Waals surface area (Å²) in [7, 11) is -3.42. The number of anilines is 1. The Morgan fingerprint density at radius 2 is 1.66 bits per heavy atom. The van der Waals surface area contributed by atoms with Crippen LogP contribution in [0.5, 0.6) is 11.5 Å². The summed E-state index contributed by atoms with van der Waals surface area (Å²) in [5.74, 6) is 0.863. The molecule has 7 nitrogen and oxygen atoms in total. The summed E-state index contributed by atoms with van der Waals surface area (Å²) in [6, 6.07) is 13.7. The lowest BCUT2D eigenvalue weighted by atomic mass is 10.2. The standard InChI is InChI=1S/C21H26N2O5S/c1-3-13-22-29(25,26)16-17-5-7-18(8-6-17)23-21(24)15-28-20-11-9-19(10-12-20)27-14-4-2/h3,5-12,22H,1,4,13-16H2,2H3,(H,23,24). The van der Waals surface area contributed by atoms with Gasteiger partial charge in [-0.2, -0.15) is 0 Å². The van der Waals surface area contributed by atoms with Crippen LogP contribution < -0.4 is 19.5 Å². The molecule has 0 aliphatic rings. The van der Waals surface area contributed by atoms with E-state index >= 15 is 0 Å². The van der Waals surface area contributed by atoms with Crippen molar-refractivity contribution in [3.05, 3.63) is 66.7 Å². The van der Waals surface area contributed by atoms with Crippen LogP contribution in [0.25, 0.3) is 0 Å². The number of hydrogen-bond acceptors (Lipinski definition) is 5. The van der Waals surface area contributed by atoms with Gasteiger partial charge in [0.1, 0.15) is 11.5 Å². The van der Waals surface area contributed by atoms with E-state index in [0.29, 0.717) is 23.6 Å². The molecule has 0 fully saturated rings. The second kappa shape index (κ2) is 11.2. The number of sulfonamides is 1. The largest absolute Gasteiger partial charge is 0.494 e. The number of amides is 1. The molecule has 0 spiro atoms. The molecule has 8 heteroatoms. The van der Waals surface area contributed by atoms with Gasteiger partial charge in [0.15, 0.2) is 6.61 Å². The summed E-state index contributed by atoms with van der Waals surface area (Å²) in [5.41, 5.74) is 1.17. The molecule has 2 rings (SSSR count). The third-order valence-electron chi connectivity index (χ3n) is 3.71. The molecule has 29 heavy (non-hydrogen) atoms. The van der Waals surface area contributed by atoms with Crippen LogP contribution >= 0.6 is 0 Å². The number of carbonyl (C=O) groups is 1. The first-order valence-corrected chi connectivity index (χ1v) is 10.9. The van der Waals surface area contributed by atoms with Crippen LogP contribution in [0, 0.1) is 0 Å². The maximum Gasteiger partial charge on any atom is 0.262 e. The van der Waals surface area contributed by atoms with Crippen molar-refractivity contribution in [1.29, 1.82) is 0 Å². The molecule has 2 N–H and O–H groups in total. The van der Waals surface area contributed by atoms with Crippen LogP contribution in [0.1, 0.15) is 18.9 Å². The lowest BCUT2D eigenvalue weighted by molar-refractivity contribution is -0.118. The van der Waals surface area contributed by atoms with Crippen LogP contribution in [-0.2, 0) is 20.6 Å². The van der Waals surface area contributed by atoms with Crippen LogP contribution in [0.2, 0.25) is 0 Å². The molecular formula is C21H26N2O5S. The molecule has 0 aliphatic carbocycles. The zero-order valence-electron chi connectivity index (χ0n) is 16.4. The molecule has 1 amide bonds. The highest BCUT2D eigenvalue weighted by atomic mass is 32.2. The van der Waals surface area contributed by atoms with Crippen molar-refractivity contribution in [3.8, 4) is 11.5 Å². The Balaban J connectivity index is 1.81. The average Bonchev–Trinajstić information content (AvgIpc) is 2.71. The van der Waals surface area contributed by atoms with Gasteiger partial charge >= 0.3 is 0 Å². The lowest BCUT2D eigenvalue weighted by Crippen LogP contribution is -2.25. The third-order valence-corrected chi connectivity index (χ3v) is 5.03. The highest BCUT2D eigenvalue weighted by Gasteiger charge is 2.10. The Morgan fingerprint density at radius 3 is 2.24 bits per heavy atom. The van der Waals surface area contributed by atoms with Gasteiger partial charge in [-0.3, -0.25) is 4.79 Å². The fourth-order valence-electron chi connectivity index (χ4n) is 2.34. The number of ether oxygens (including phenoxy) is 2. The van der Waals surface area contributed by atoms with E-state index in [2.05, 4.69) is 16.6 Å². The normalized spacial score (nSPS) is 10.9. The molecule has 0 saturated carbocycles. The van der Waals surface area contributed by atoms with Crippen molar-refractivity contribution in [2.24, 2.45) is 0 Å². The Kier molecular flexibility index (Phi) is 8.69. The molecule has 0 saturated heterocycles. The van der Waals surface area contributed by atoms with Crippen LogP contribution in [0.4, 0.5) is 5.69 Å². The molecule has 0 atom stereocenters. The number of rotatable bonds is 12. The van der Waals surface area contributed by atoms with Gasteiger partial charge in [0.2, 0.25) is 10.0 Å². The second-order valence-corrected chi connectivity index (χ2v) is 8.06. The van der Waals surface area contributed by atoms with E-state index in [1.54, 1.807) is 48.5 Å². The third kappa shape index (κ3) is 8.37. The van der Waals surface area contributed by atoms with E-state index in [1.165, 1.54) is 6.08 Å². The van der Waals surface area contributed by atoms with Crippen LogP contribution in [0.15, 0.2) is 61.2 Å². The second-order valence-electron chi connectivity index (χ2n) is 6.25. The predicted molar refractivity (Wildman–Crippen MR) is 114 cm³/mol. The quantitative estimate of drug-likeness (QED) is 0.517.